The Kier molecular flexibility index (Phi) is 5.31. The van der Waals surface area contributed by atoms with Crippen molar-refractivity contribution in [3.05, 3.63) is 15.4 Å². The molecule has 0 aromatic carbocycles. The third-order valence-corrected chi connectivity index (χ3v) is 6.66. The lowest BCUT2D eigenvalue weighted by molar-refractivity contribution is 0.527. The molecule has 1 aromatic heterocycles. The Bertz CT molecular complexity index is 532. The van der Waals surface area contributed by atoms with Gasteiger partial charge in [0.15, 0.2) is 0 Å². The molecule has 18 heavy (non-hydrogen) atoms. The van der Waals surface area contributed by atoms with Crippen LogP contribution in [0.3, 0.4) is 0 Å². The summed E-state index contributed by atoms with van der Waals surface area (Å²) in [6.07, 6.45) is 0. The standard InChI is InChI=1S/C10H15BrN2O2S3/c1-5(2)8(10(12)16)13-18(14,15)7-4-6(3)9(11)17-7/h4-5,8,13H,1-3H3,(H2,12,16). The lowest BCUT2D eigenvalue weighted by Crippen LogP contribution is -2.46. The zero-order valence-electron chi connectivity index (χ0n) is 10.2. The third kappa shape index (κ3) is 3.74. The smallest absolute Gasteiger partial charge is 0.250 e. The Hall–Kier alpha value is -0.0200. The number of hydrogen-bond donors (Lipinski definition) is 2. The SMILES string of the molecule is Cc1cc(S(=O)(=O)NC(C(N)=S)C(C)C)sc1Br. The second-order valence-electron chi connectivity index (χ2n) is 4.27. The van der Waals surface area contributed by atoms with Crippen LogP contribution in [0.15, 0.2) is 14.1 Å². The minimum Gasteiger partial charge on any atom is -0.392 e. The number of sulfonamides is 1. The Labute approximate surface area is 125 Å². The van der Waals surface area contributed by atoms with Crippen molar-refractivity contribution in [2.24, 2.45) is 11.7 Å². The van der Waals surface area contributed by atoms with Gasteiger partial charge >= 0.3 is 0 Å². The summed E-state index contributed by atoms with van der Waals surface area (Å²) < 4.78 is 28.0. The fourth-order valence-corrected chi connectivity index (χ4v) is 5.32. The summed E-state index contributed by atoms with van der Waals surface area (Å²) in [5.74, 6) is 0.00164. The largest absolute Gasteiger partial charge is 0.392 e. The summed E-state index contributed by atoms with van der Waals surface area (Å²) in [4.78, 5) is 0.154. The maximum Gasteiger partial charge on any atom is 0.250 e. The van der Waals surface area contributed by atoms with Crippen LogP contribution in [0.1, 0.15) is 19.4 Å². The number of thiophene rings is 1. The maximum atomic E-state index is 12.2. The van der Waals surface area contributed by atoms with Crippen LogP contribution in [0.4, 0.5) is 0 Å². The van der Waals surface area contributed by atoms with Crippen LogP contribution in [0.2, 0.25) is 0 Å². The van der Waals surface area contributed by atoms with E-state index in [0.717, 1.165) is 9.35 Å². The van der Waals surface area contributed by atoms with Crippen molar-refractivity contribution in [3.63, 3.8) is 0 Å². The lowest BCUT2D eigenvalue weighted by atomic mass is 10.1. The van der Waals surface area contributed by atoms with E-state index in [0.29, 0.717) is 0 Å². The van der Waals surface area contributed by atoms with Crippen molar-refractivity contribution in [1.29, 1.82) is 0 Å². The van der Waals surface area contributed by atoms with Gasteiger partial charge in [-0.25, -0.2) is 13.1 Å². The van der Waals surface area contributed by atoms with E-state index in [2.05, 4.69) is 20.7 Å². The molecule has 1 rings (SSSR count). The summed E-state index contributed by atoms with van der Waals surface area (Å²) in [5, 5.41) is 0. The van der Waals surface area contributed by atoms with E-state index >= 15 is 0 Å². The van der Waals surface area contributed by atoms with Crippen LogP contribution in [0.5, 0.6) is 0 Å². The molecule has 0 fully saturated rings. The minimum absolute atomic E-state index is 0.00164. The van der Waals surface area contributed by atoms with Crippen molar-refractivity contribution >= 4 is 54.5 Å². The summed E-state index contributed by atoms with van der Waals surface area (Å²) in [6, 6.07) is 1.08. The van der Waals surface area contributed by atoms with Gasteiger partial charge in [-0.2, -0.15) is 0 Å². The van der Waals surface area contributed by atoms with Crippen molar-refractivity contribution in [3.8, 4) is 0 Å². The Morgan fingerprint density at radius 1 is 1.56 bits per heavy atom. The van der Waals surface area contributed by atoms with Crippen molar-refractivity contribution in [1.82, 2.24) is 4.72 Å². The predicted molar refractivity (Wildman–Crippen MR) is 82.5 cm³/mol. The molecule has 102 valence electrons. The van der Waals surface area contributed by atoms with Crippen LogP contribution >= 0.6 is 39.5 Å². The van der Waals surface area contributed by atoms with Gasteiger partial charge in [0, 0.05) is 0 Å². The second kappa shape index (κ2) is 5.96. The predicted octanol–water partition coefficient (Wildman–Crippen LogP) is 2.41. The van der Waals surface area contributed by atoms with Gasteiger partial charge in [-0.05, 0) is 40.4 Å². The molecule has 3 N–H and O–H groups in total. The zero-order valence-corrected chi connectivity index (χ0v) is 14.3. The molecule has 1 aromatic rings. The quantitative estimate of drug-likeness (QED) is 0.780. The van der Waals surface area contributed by atoms with Gasteiger partial charge in [0.05, 0.1) is 14.8 Å². The van der Waals surface area contributed by atoms with Crippen LogP contribution in [-0.2, 0) is 10.0 Å². The molecule has 4 nitrogen and oxygen atoms in total. The minimum atomic E-state index is -3.58. The van der Waals surface area contributed by atoms with E-state index < -0.39 is 16.1 Å². The molecule has 0 aliphatic carbocycles. The van der Waals surface area contributed by atoms with Crippen LogP contribution < -0.4 is 10.5 Å². The van der Waals surface area contributed by atoms with E-state index in [1.165, 1.54) is 11.3 Å². The maximum absolute atomic E-state index is 12.2. The second-order valence-corrected chi connectivity index (χ2v) is 9.05. The molecule has 1 heterocycles. The van der Waals surface area contributed by atoms with Crippen LogP contribution in [0.25, 0.3) is 0 Å². The molecule has 1 atom stereocenters. The van der Waals surface area contributed by atoms with Gasteiger partial charge in [-0.1, -0.05) is 26.1 Å². The molecule has 0 saturated carbocycles. The van der Waals surface area contributed by atoms with Crippen molar-refractivity contribution in [2.75, 3.05) is 0 Å². The number of thiocarbonyl (C=S) groups is 1. The number of nitrogens with two attached hydrogens (primary N) is 1. The van der Waals surface area contributed by atoms with Gasteiger partial charge in [0.25, 0.3) is 10.0 Å². The average Bonchev–Trinajstić information content (AvgIpc) is 2.56. The number of halogens is 1. The van der Waals surface area contributed by atoms with E-state index in [1.807, 2.05) is 20.8 Å². The molecule has 8 heteroatoms. The lowest BCUT2D eigenvalue weighted by Gasteiger charge is -2.20. The van der Waals surface area contributed by atoms with E-state index in [9.17, 15) is 8.42 Å². The van der Waals surface area contributed by atoms with Crippen LogP contribution in [-0.4, -0.2) is 19.4 Å². The molecule has 0 aliphatic rings. The topological polar surface area (TPSA) is 72.2 Å². The Morgan fingerprint density at radius 2 is 2.11 bits per heavy atom. The molecule has 0 saturated heterocycles. The molecule has 0 radical (unpaired) electrons. The highest BCUT2D eigenvalue weighted by atomic mass is 79.9. The fourth-order valence-electron chi connectivity index (χ4n) is 1.31. The molecular weight excluding hydrogens is 356 g/mol. The normalized spacial score (nSPS) is 13.8. The highest BCUT2D eigenvalue weighted by Crippen LogP contribution is 2.30. The monoisotopic (exact) mass is 370 g/mol. The first-order chi connectivity index (χ1) is 8.15. The van der Waals surface area contributed by atoms with E-state index in [1.54, 1.807) is 6.07 Å². The molecule has 0 spiro atoms. The number of rotatable bonds is 5. The molecule has 0 bridgehead atoms. The van der Waals surface area contributed by atoms with Crippen molar-refractivity contribution < 1.29 is 8.42 Å². The summed E-state index contributed by atoms with van der Waals surface area (Å²) >= 11 is 9.36. The Balaban J connectivity index is 3.04. The summed E-state index contributed by atoms with van der Waals surface area (Å²) in [5.41, 5.74) is 6.44. The fraction of sp³-hybridized carbons (Fsp3) is 0.500. The highest BCUT2D eigenvalue weighted by molar-refractivity contribution is 9.11. The van der Waals surface area contributed by atoms with Gasteiger partial charge in [-0.3, -0.25) is 0 Å². The van der Waals surface area contributed by atoms with E-state index in [-0.39, 0.29) is 15.1 Å². The average molecular weight is 371 g/mol. The van der Waals surface area contributed by atoms with Gasteiger partial charge in [0.1, 0.15) is 4.21 Å². The first-order valence-electron chi connectivity index (χ1n) is 5.22. The van der Waals surface area contributed by atoms with Crippen molar-refractivity contribution in [2.45, 2.75) is 31.0 Å². The number of aryl methyl sites for hydroxylation is 1. The van der Waals surface area contributed by atoms with Gasteiger partial charge in [-0.15, -0.1) is 11.3 Å². The number of nitrogens with one attached hydrogen (secondary N) is 1. The first kappa shape index (κ1) is 16.0. The van der Waals surface area contributed by atoms with E-state index in [4.69, 9.17) is 18.0 Å². The van der Waals surface area contributed by atoms with Gasteiger partial charge < -0.3 is 5.73 Å². The van der Waals surface area contributed by atoms with Crippen LogP contribution in [0, 0.1) is 12.8 Å². The summed E-state index contributed by atoms with van der Waals surface area (Å²) in [6.45, 7) is 5.57. The molecule has 0 aliphatic heterocycles. The highest BCUT2D eigenvalue weighted by Gasteiger charge is 2.26. The van der Waals surface area contributed by atoms with Gasteiger partial charge in [0.2, 0.25) is 0 Å². The molecule has 0 amide bonds. The molecular formula is C10H15BrN2O2S3. The zero-order chi connectivity index (χ0) is 14.1. The summed E-state index contributed by atoms with van der Waals surface area (Å²) in [7, 11) is -3.58. The first-order valence-corrected chi connectivity index (χ1v) is 8.73. The Morgan fingerprint density at radius 3 is 2.44 bits per heavy atom. The third-order valence-electron chi connectivity index (χ3n) is 2.35. The molecule has 1 unspecified atom stereocenters. The number of hydrogen-bond acceptors (Lipinski definition) is 4.